The third-order valence-corrected chi connectivity index (χ3v) is 9.28. The number of hydrogen-bond acceptors (Lipinski definition) is 3. The van der Waals surface area contributed by atoms with Gasteiger partial charge in [0.05, 0.1) is 12.5 Å². The highest BCUT2D eigenvalue weighted by atomic mass is 16.5. The van der Waals surface area contributed by atoms with Crippen molar-refractivity contribution in [1.29, 1.82) is 0 Å². The fourth-order valence-corrected chi connectivity index (χ4v) is 6.12. The molecular formula is C41H79NO2. The Hall–Kier alpha value is -1.09. The minimum absolute atomic E-state index is 0.0378. The van der Waals surface area contributed by atoms with E-state index in [9.17, 15) is 4.79 Å². The standard InChI is InChI=1S/C41H79NO2/c1-6-9-11-12-13-14-15-16-17-18-19-20-21-22-24-27-30-33-39(36-37-42(4)5)34-31-28-25-23-26-29-32-38-44-41(43)40(8-3)35-10-7-2/h13-14,16-17,39-40H,6-12,15,18-38H2,1-5H3/b14-13-,17-16-. The van der Waals surface area contributed by atoms with Gasteiger partial charge in [-0.05, 0) is 84.3 Å². The zero-order valence-corrected chi connectivity index (χ0v) is 30.7. The van der Waals surface area contributed by atoms with E-state index in [1.165, 1.54) is 141 Å². The van der Waals surface area contributed by atoms with Gasteiger partial charge in [-0.1, -0.05) is 161 Å². The quantitative estimate of drug-likeness (QED) is 0.0409. The van der Waals surface area contributed by atoms with Crippen LogP contribution < -0.4 is 0 Å². The second-order valence-electron chi connectivity index (χ2n) is 13.9. The van der Waals surface area contributed by atoms with Crippen molar-refractivity contribution in [2.45, 2.75) is 194 Å². The smallest absolute Gasteiger partial charge is 0.308 e. The third-order valence-electron chi connectivity index (χ3n) is 9.28. The molecule has 0 aromatic heterocycles. The lowest BCUT2D eigenvalue weighted by Crippen LogP contribution is -2.17. The number of ether oxygens (including phenoxy) is 1. The van der Waals surface area contributed by atoms with Gasteiger partial charge in [0.25, 0.3) is 0 Å². The van der Waals surface area contributed by atoms with E-state index < -0.39 is 0 Å². The Morgan fingerprint density at radius 1 is 0.568 bits per heavy atom. The van der Waals surface area contributed by atoms with Gasteiger partial charge in [-0.25, -0.2) is 0 Å². The Morgan fingerprint density at radius 2 is 1.07 bits per heavy atom. The first-order valence-corrected chi connectivity index (χ1v) is 19.7. The van der Waals surface area contributed by atoms with Gasteiger partial charge < -0.3 is 9.64 Å². The van der Waals surface area contributed by atoms with Gasteiger partial charge in [-0.3, -0.25) is 4.79 Å². The summed E-state index contributed by atoms with van der Waals surface area (Å²) in [6, 6.07) is 0. The molecule has 0 aliphatic heterocycles. The zero-order chi connectivity index (χ0) is 32.4. The predicted octanol–water partition coefficient (Wildman–Crippen LogP) is 13.0. The molecule has 0 amide bonds. The number of rotatable bonds is 34. The molecule has 0 saturated carbocycles. The Bertz CT molecular complexity index is 641. The van der Waals surface area contributed by atoms with Crippen molar-refractivity contribution in [3.63, 3.8) is 0 Å². The topological polar surface area (TPSA) is 29.5 Å². The second kappa shape index (κ2) is 34.8. The fraction of sp³-hybridized carbons (Fsp3) is 0.878. The summed E-state index contributed by atoms with van der Waals surface area (Å²) in [5.74, 6) is 1.06. The maximum Gasteiger partial charge on any atom is 0.308 e. The first kappa shape index (κ1) is 42.9. The minimum Gasteiger partial charge on any atom is -0.465 e. The number of unbranched alkanes of at least 4 members (excludes halogenated alkanes) is 17. The van der Waals surface area contributed by atoms with Crippen LogP contribution in [0.5, 0.6) is 0 Å². The largest absolute Gasteiger partial charge is 0.465 e. The van der Waals surface area contributed by atoms with E-state index in [-0.39, 0.29) is 11.9 Å². The molecule has 3 nitrogen and oxygen atoms in total. The zero-order valence-electron chi connectivity index (χ0n) is 30.7. The number of esters is 1. The van der Waals surface area contributed by atoms with Gasteiger partial charge in [-0.2, -0.15) is 0 Å². The number of carbonyl (C=O) groups is 1. The molecule has 44 heavy (non-hydrogen) atoms. The van der Waals surface area contributed by atoms with E-state index in [1.54, 1.807) is 0 Å². The maximum absolute atomic E-state index is 12.2. The molecule has 0 N–H and O–H groups in total. The lowest BCUT2D eigenvalue weighted by Gasteiger charge is -2.19. The molecule has 0 fully saturated rings. The first-order valence-electron chi connectivity index (χ1n) is 19.7. The summed E-state index contributed by atoms with van der Waals surface area (Å²) >= 11 is 0. The summed E-state index contributed by atoms with van der Waals surface area (Å²) < 4.78 is 5.55. The Labute approximate surface area is 277 Å². The van der Waals surface area contributed by atoms with E-state index in [0.717, 1.165) is 44.4 Å². The number of hydrogen-bond donors (Lipinski definition) is 0. The predicted molar refractivity (Wildman–Crippen MR) is 196 cm³/mol. The first-order chi connectivity index (χ1) is 21.5. The van der Waals surface area contributed by atoms with Crippen molar-refractivity contribution < 1.29 is 9.53 Å². The molecule has 0 aromatic carbocycles. The monoisotopic (exact) mass is 618 g/mol. The van der Waals surface area contributed by atoms with Gasteiger partial charge in [0, 0.05) is 0 Å². The highest BCUT2D eigenvalue weighted by molar-refractivity contribution is 5.72. The van der Waals surface area contributed by atoms with Crippen molar-refractivity contribution in [1.82, 2.24) is 4.90 Å². The van der Waals surface area contributed by atoms with E-state index in [4.69, 9.17) is 4.74 Å². The van der Waals surface area contributed by atoms with Gasteiger partial charge in [-0.15, -0.1) is 0 Å². The molecular weight excluding hydrogens is 538 g/mol. The van der Waals surface area contributed by atoms with Gasteiger partial charge in [0.1, 0.15) is 0 Å². The second-order valence-corrected chi connectivity index (χ2v) is 13.9. The lowest BCUT2D eigenvalue weighted by atomic mass is 9.91. The van der Waals surface area contributed by atoms with Crippen LogP contribution in [-0.2, 0) is 9.53 Å². The van der Waals surface area contributed by atoms with Gasteiger partial charge in [0.15, 0.2) is 0 Å². The minimum atomic E-state index is 0.0378. The molecule has 2 unspecified atom stereocenters. The Morgan fingerprint density at radius 3 is 1.59 bits per heavy atom. The molecule has 0 aliphatic rings. The number of nitrogens with zero attached hydrogens (tertiary/aromatic N) is 1. The van der Waals surface area contributed by atoms with Crippen LogP contribution in [0.3, 0.4) is 0 Å². The average Bonchev–Trinajstić information content (AvgIpc) is 3.02. The molecule has 0 saturated heterocycles. The van der Waals surface area contributed by atoms with Crippen molar-refractivity contribution in [2.24, 2.45) is 11.8 Å². The van der Waals surface area contributed by atoms with Crippen LogP contribution in [-0.4, -0.2) is 38.1 Å². The average molecular weight is 618 g/mol. The summed E-state index contributed by atoms with van der Waals surface area (Å²) in [5.41, 5.74) is 0. The highest BCUT2D eigenvalue weighted by Crippen LogP contribution is 2.23. The number of allylic oxidation sites excluding steroid dienone is 4. The molecule has 0 aromatic rings. The van der Waals surface area contributed by atoms with Gasteiger partial charge in [0.2, 0.25) is 0 Å². The van der Waals surface area contributed by atoms with Crippen LogP contribution >= 0.6 is 0 Å². The summed E-state index contributed by atoms with van der Waals surface area (Å²) in [6.07, 6.45) is 44.3. The molecule has 0 heterocycles. The van der Waals surface area contributed by atoms with E-state index >= 15 is 0 Å². The van der Waals surface area contributed by atoms with Crippen molar-refractivity contribution in [2.75, 3.05) is 27.2 Å². The van der Waals surface area contributed by atoms with E-state index in [0.29, 0.717) is 6.61 Å². The summed E-state index contributed by atoms with van der Waals surface area (Å²) in [4.78, 5) is 14.6. The summed E-state index contributed by atoms with van der Waals surface area (Å²) in [6.45, 7) is 8.40. The Balaban J connectivity index is 3.76. The van der Waals surface area contributed by atoms with Crippen molar-refractivity contribution in [3.05, 3.63) is 24.3 Å². The summed E-state index contributed by atoms with van der Waals surface area (Å²) in [5, 5.41) is 0. The number of carbonyl (C=O) groups excluding carboxylic acids is 1. The molecule has 0 aliphatic carbocycles. The molecule has 0 radical (unpaired) electrons. The van der Waals surface area contributed by atoms with Crippen LogP contribution in [0.15, 0.2) is 24.3 Å². The molecule has 3 heteroatoms. The highest BCUT2D eigenvalue weighted by Gasteiger charge is 2.16. The van der Waals surface area contributed by atoms with Crippen LogP contribution in [0.2, 0.25) is 0 Å². The lowest BCUT2D eigenvalue weighted by molar-refractivity contribution is -0.149. The maximum atomic E-state index is 12.2. The van der Waals surface area contributed by atoms with Crippen LogP contribution in [0, 0.1) is 11.8 Å². The van der Waals surface area contributed by atoms with Crippen molar-refractivity contribution >= 4 is 5.97 Å². The SMILES string of the molecule is CCCCC/C=C\C/C=C\CCCCCCCCCC(CCCCCCCCCOC(=O)C(CC)CCCC)CCN(C)C. The normalized spacial score (nSPS) is 13.4. The summed E-state index contributed by atoms with van der Waals surface area (Å²) in [7, 11) is 4.43. The van der Waals surface area contributed by atoms with Crippen LogP contribution in [0.25, 0.3) is 0 Å². The molecule has 260 valence electrons. The fourth-order valence-electron chi connectivity index (χ4n) is 6.12. The van der Waals surface area contributed by atoms with Gasteiger partial charge >= 0.3 is 5.97 Å². The third kappa shape index (κ3) is 30.9. The van der Waals surface area contributed by atoms with Crippen molar-refractivity contribution in [3.8, 4) is 0 Å². The van der Waals surface area contributed by atoms with E-state index in [2.05, 4.69) is 64.1 Å². The molecule has 0 rings (SSSR count). The molecule has 2 atom stereocenters. The molecule has 0 spiro atoms. The van der Waals surface area contributed by atoms with Crippen LogP contribution in [0.4, 0.5) is 0 Å². The Kier molecular flexibility index (Phi) is 33.9. The van der Waals surface area contributed by atoms with Crippen LogP contribution in [0.1, 0.15) is 194 Å². The molecule has 0 bridgehead atoms. The van der Waals surface area contributed by atoms with E-state index in [1.807, 2.05) is 0 Å².